The van der Waals surface area contributed by atoms with Crippen molar-refractivity contribution in [2.75, 3.05) is 5.32 Å². The Kier molecular flexibility index (Phi) is 2.75. The predicted octanol–water partition coefficient (Wildman–Crippen LogP) is 1.12. The molecule has 2 heterocycles. The van der Waals surface area contributed by atoms with Crippen LogP contribution in [0.1, 0.15) is 26.7 Å². The number of rotatable bonds is 4. The molecule has 2 aromatic heterocycles. The normalized spacial score (nSPS) is 11.1. The maximum Gasteiger partial charge on any atom is 0.200 e. The molecule has 0 saturated heterocycles. The molecule has 0 atom stereocenters. The van der Waals surface area contributed by atoms with E-state index in [9.17, 15) is 0 Å². The van der Waals surface area contributed by atoms with E-state index in [1.54, 1.807) is 0 Å². The second kappa shape index (κ2) is 4.20. The monoisotopic (exact) mass is 206 g/mol. The summed E-state index contributed by atoms with van der Waals surface area (Å²) in [4.78, 5) is 0. The molecule has 2 rings (SSSR count). The number of hydrogen-bond donors (Lipinski definition) is 1. The van der Waals surface area contributed by atoms with Gasteiger partial charge in [0.15, 0.2) is 5.65 Å². The Morgan fingerprint density at radius 3 is 2.87 bits per heavy atom. The first-order valence-corrected chi connectivity index (χ1v) is 5.15. The summed E-state index contributed by atoms with van der Waals surface area (Å²) in [6.07, 6.45) is 2.15. The first-order chi connectivity index (χ1) is 7.33. The highest BCUT2D eigenvalue weighted by atomic mass is 15.6. The van der Waals surface area contributed by atoms with Crippen LogP contribution in [-0.4, -0.2) is 31.3 Å². The third-order valence-electron chi connectivity index (χ3n) is 2.41. The van der Waals surface area contributed by atoms with Gasteiger partial charge in [-0.3, -0.25) is 0 Å². The average Bonchev–Trinajstić information content (AvgIpc) is 2.73. The molecule has 15 heavy (non-hydrogen) atoms. The van der Waals surface area contributed by atoms with Crippen LogP contribution in [0.2, 0.25) is 0 Å². The topological polar surface area (TPSA) is 68.0 Å². The number of hydrogen-bond acceptors (Lipinski definition) is 5. The van der Waals surface area contributed by atoms with E-state index in [1.807, 2.05) is 12.1 Å². The van der Waals surface area contributed by atoms with Crippen molar-refractivity contribution in [1.82, 2.24) is 25.3 Å². The number of aromatic nitrogens is 5. The maximum atomic E-state index is 4.24. The van der Waals surface area contributed by atoms with Crippen LogP contribution in [0, 0.1) is 0 Å². The first-order valence-electron chi connectivity index (χ1n) is 5.15. The summed E-state index contributed by atoms with van der Waals surface area (Å²) >= 11 is 0. The van der Waals surface area contributed by atoms with E-state index >= 15 is 0 Å². The number of nitrogens with one attached hydrogen (secondary N) is 1. The van der Waals surface area contributed by atoms with Crippen LogP contribution in [0.3, 0.4) is 0 Å². The molecule has 0 saturated carbocycles. The smallest absolute Gasteiger partial charge is 0.200 e. The van der Waals surface area contributed by atoms with Gasteiger partial charge in [-0.2, -0.15) is 0 Å². The van der Waals surface area contributed by atoms with E-state index in [4.69, 9.17) is 0 Å². The molecule has 0 radical (unpaired) electrons. The number of tetrazole rings is 1. The van der Waals surface area contributed by atoms with Crippen molar-refractivity contribution < 1.29 is 0 Å². The van der Waals surface area contributed by atoms with Gasteiger partial charge in [-0.25, -0.2) is 0 Å². The molecule has 0 aliphatic heterocycles. The summed E-state index contributed by atoms with van der Waals surface area (Å²) in [6.45, 7) is 4.30. The van der Waals surface area contributed by atoms with Crippen LogP contribution in [0.5, 0.6) is 0 Å². The molecule has 1 N–H and O–H groups in total. The summed E-state index contributed by atoms with van der Waals surface area (Å²) in [5.74, 6) is 0.809. The minimum atomic E-state index is 0.450. The Morgan fingerprint density at radius 2 is 2.13 bits per heavy atom. The molecule has 6 heteroatoms. The Labute approximate surface area is 87.7 Å². The second-order valence-electron chi connectivity index (χ2n) is 3.40. The lowest BCUT2D eigenvalue weighted by atomic mass is 10.2. The molecule has 0 aliphatic carbocycles. The molecule has 6 nitrogen and oxygen atoms in total. The average molecular weight is 206 g/mol. The molecule has 0 spiro atoms. The van der Waals surface area contributed by atoms with Crippen LogP contribution in [0.15, 0.2) is 12.1 Å². The predicted molar refractivity (Wildman–Crippen MR) is 56.6 cm³/mol. The summed E-state index contributed by atoms with van der Waals surface area (Å²) in [7, 11) is 0. The number of nitrogens with zero attached hydrogens (tertiary/aromatic N) is 5. The lowest BCUT2D eigenvalue weighted by Crippen LogP contribution is -2.18. The maximum absolute atomic E-state index is 4.24. The second-order valence-corrected chi connectivity index (χ2v) is 3.40. The van der Waals surface area contributed by atoms with E-state index in [-0.39, 0.29) is 0 Å². The SMILES string of the molecule is CCC(CC)Nc1ccc2nnnn2n1. The van der Waals surface area contributed by atoms with Gasteiger partial charge >= 0.3 is 0 Å². The van der Waals surface area contributed by atoms with Crippen molar-refractivity contribution in [2.24, 2.45) is 0 Å². The molecule has 0 bridgehead atoms. The molecule has 80 valence electrons. The molecule has 0 amide bonds. The molecule has 0 unspecified atom stereocenters. The molecule has 0 aliphatic rings. The van der Waals surface area contributed by atoms with Gasteiger partial charge in [0.1, 0.15) is 5.82 Å². The minimum Gasteiger partial charge on any atom is -0.366 e. The van der Waals surface area contributed by atoms with Crippen LogP contribution < -0.4 is 5.32 Å². The zero-order valence-corrected chi connectivity index (χ0v) is 8.88. The van der Waals surface area contributed by atoms with Crippen molar-refractivity contribution in [1.29, 1.82) is 0 Å². The van der Waals surface area contributed by atoms with Crippen LogP contribution in [0.25, 0.3) is 5.65 Å². The molecule has 2 aromatic rings. The summed E-state index contributed by atoms with van der Waals surface area (Å²) in [6, 6.07) is 4.19. The first kappa shape index (κ1) is 9.82. The van der Waals surface area contributed by atoms with Crippen LogP contribution in [-0.2, 0) is 0 Å². The van der Waals surface area contributed by atoms with E-state index < -0.39 is 0 Å². The standard InChI is InChI=1S/C9H14N6/c1-3-7(4-2)10-8-5-6-9-11-13-14-15(9)12-8/h5-7H,3-4H2,1-2H3,(H,10,12). The zero-order chi connectivity index (χ0) is 10.7. The van der Waals surface area contributed by atoms with E-state index in [0.717, 1.165) is 18.7 Å². The van der Waals surface area contributed by atoms with Gasteiger partial charge in [-0.1, -0.05) is 13.8 Å². The zero-order valence-electron chi connectivity index (χ0n) is 8.88. The largest absolute Gasteiger partial charge is 0.366 e. The fourth-order valence-corrected chi connectivity index (χ4v) is 1.43. The fraction of sp³-hybridized carbons (Fsp3) is 0.556. The Hall–Kier alpha value is -1.72. The molecular weight excluding hydrogens is 192 g/mol. The van der Waals surface area contributed by atoms with Gasteiger partial charge in [0.2, 0.25) is 0 Å². The van der Waals surface area contributed by atoms with Crippen LogP contribution >= 0.6 is 0 Å². The van der Waals surface area contributed by atoms with Gasteiger partial charge < -0.3 is 5.32 Å². The Morgan fingerprint density at radius 1 is 1.33 bits per heavy atom. The van der Waals surface area contributed by atoms with E-state index in [0.29, 0.717) is 11.7 Å². The quantitative estimate of drug-likeness (QED) is 0.811. The fourth-order valence-electron chi connectivity index (χ4n) is 1.43. The number of fused-ring (bicyclic) bond motifs is 1. The van der Waals surface area contributed by atoms with E-state index in [2.05, 4.69) is 39.8 Å². The highest BCUT2D eigenvalue weighted by Gasteiger charge is 2.05. The van der Waals surface area contributed by atoms with Crippen molar-refractivity contribution in [3.63, 3.8) is 0 Å². The highest BCUT2D eigenvalue weighted by Crippen LogP contribution is 2.08. The molecule has 0 aromatic carbocycles. The van der Waals surface area contributed by atoms with Gasteiger partial charge in [0.05, 0.1) is 0 Å². The van der Waals surface area contributed by atoms with Crippen molar-refractivity contribution in [3.8, 4) is 0 Å². The Balaban J connectivity index is 2.20. The van der Waals surface area contributed by atoms with Crippen molar-refractivity contribution in [3.05, 3.63) is 12.1 Å². The molecule has 0 fully saturated rings. The van der Waals surface area contributed by atoms with Crippen molar-refractivity contribution in [2.45, 2.75) is 32.7 Å². The van der Waals surface area contributed by atoms with Gasteiger partial charge in [-0.15, -0.1) is 14.8 Å². The van der Waals surface area contributed by atoms with Gasteiger partial charge in [0, 0.05) is 6.04 Å². The molecular formula is C9H14N6. The van der Waals surface area contributed by atoms with Crippen LogP contribution in [0.4, 0.5) is 5.82 Å². The third kappa shape index (κ3) is 2.03. The lowest BCUT2D eigenvalue weighted by molar-refractivity contribution is 0.658. The summed E-state index contributed by atoms with van der Waals surface area (Å²) in [5, 5.41) is 18.6. The minimum absolute atomic E-state index is 0.450. The summed E-state index contributed by atoms with van der Waals surface area (Å²) in [5.41, 5.74) is 0.657. The lowest BCUT2D eigenvalue weighted by Gasteiger charge is -2.14. The number of anilines is 1. The Bertz CT molecular complexity index is 433. The third-order valence-corrected chi connectivity index (χ3v) is 2.41. The van der Waals surface area contributed by atoms with Gasteiger partial charge in [0.25, 0.3) is 0 Å². The highest BCUT2D eigenvalue weighted by molar-refractivity contribution is 5.42. The van der Waals surface area contributed by atoms with E-state index in [1.165, 1.54) is 4.63 Å². The van der Waals surface area contributed by atoms with Crippen molar-refractivity contribution >= 4 is 11.5 Å². The van der Waals surface area contributed by atoms with Gasteiger partial charge in [-0.05, 0) is 35.4 Å². The summed E-state index contributed by atoms with van der Waals surface area (Å²) < 4.78 is 1.42.